The molecule has 2 unspecified atom stereocenters. The second-order valence-electron chi connectivity index (χ2n) is 6.69. The first kappa shape index (κ1) is 17.3. The van der Waals surface area contributed by atoms with Crippen molar-refractivity contribution >= 4 is 11.5 Å². The Morgan fingerprint density at radius 1 is 1.40 bits per heavy atom. The standard InChI is InChI=1S/C18H23N5O2/c1-13-9-18(20-10-17(13)23(24)25)21-16-6-8-22(11-14(16)2)12-15-5-3-4-7-19-15/h3-5,7,9-10,14,16H,6,8,11-12H2,1-2H3,(H,20,21). The minimum absolute atomic E-state index is 0.0591. The Bertz CT molecular complexity index is 738. The summed E-state index contributed by atoms with van der Waals surface area (Å²) in [5, 5.41) is 14.3. The molecule has 1 aliphatic rings. The van der Waals surface area contributed by atoms with Crippen LogP contribution >= 0.6 is 0 Å². The third-order valence-corrected chi connectivity index (χ3v) is 4.71. The van der Waals surface area contributed by atoms with Crippen LogP contribution in [0.4, 0.5) is 11.5 Å². The Morgan fingerprint density at radius 2 is 2.24 bits per heavy atom. The minimum Gasteiger partial charge on any atom is -0.367 e. The Kier molecular flexibility index (Phi) is 5.23. The molecule has 3 rings (SSSR count). The van der Waals surface area contributed by atoms with Crippen molar-refractivity contribution in [1.29, 1.82) is 0 Å². The molecule has 0 aliphatic carbocycles. The monoisotopic (exact) mass is 341 g/mol. The molecule has 2 aromatic rings. The zero-order valence-electron chi connectivity index (χ0n) is 14.6. The molecule has 0 saturated carbocycles. The Morgan fingerprint density at radius 3 is 2.88 bits per heavy atom. The Hall–Kier alpha value is -2.54. The van der Waals surface area contributed by atoms with E-state index in [4.69, 9.17) is 0 Å². The summed E-state index contributed by atoms with van der Waals surface area (Å²) in [7, 11) is 0. The van der Waals surface area contributed by atoms with Crippen LogP contribution in [0.15, 0.2) is 36.7 Å². The topological polar surface area (TPSA) is 84.2 Å². The third kappa shape index (κ3) is 4.30. The first-order chi connectivity index (χ1) is 12.0. The Balaban J connectivity index is 1.58. The lowest BCUT2D eigenvalue weighted by molar-refractivity contribution is -0.385. The van der Waals surface area contributed by atoms with Crippen molar-refractivity contribution in [2.75, 3.05) is 18.4 Å². The van der Waals surface area contributed by atoms with Gasteiger partial charge in [0.25, 0.3) is 5.69 Å². The van der Waals surface area contributed by atoms with Crippen molar-refractivity contribution in [2.24, 2.45) is 5.92 Å². The molecule has 0 aromatic carbocycles. The summed E-state index contributed by atoms with van der Waals surface area (Å²) in [6.45, 7) is 6.81. The number of aromatic nitrogens is 2. The van der Waals surface area contributed by atoms with Crippen LogP contribution in [-0.2, 0) is 6.54 Å². The number of anilines is 1. The second-order valence-corrected chi connectivity index (χ2v) is 6.69. The lowest BCUT2D eigenvalue weighted by atomic mass is 9.93. The lowest BCUT2D eigenvalue weighted by Crippen LogP contribution is -2.45. The summed E-state index contributed by atoms with van der Waals surface area (Å²) in [5.74, 6) is 1.16. The summed E-state index contributed by atoms with van der Waals surface area (Å²) in [5.41, 5.74) is 1.78. The fraction of sp³-hybridized carbons (Fsp3) is 0.444. The molecule has 2 atom stereocenters. The normalized spacial score (nSPS) is 21.0. The van der Waals surface area contributed by atoms with Gasteiger partial charge >= 0.3 is 0 Å². The highest BCUT2D eigenvalue weighted by Crippen LogP contribution is 2.24. The molecule has 7 nitrogen and oxygen atoms in total. The molecule has 1 N–H and O–H groups in total. The first-order valence-electron chi connectivity index (χ1n) is 8.53. The number of hydrogen-bond acceptors (Lipinski definition) is 6. The van der Waals surface area contributed by atoms with Gasteiger partial charge in [0, 0.05) is 37.4 Å². The van der Waals surface area contributed by atoms with Crippen molar-refractivity contribution in [3.05, 3.63) is 58.0 Å². The number of hydrogen-bond donors (Lipinski definition) is 1. The molecule has 2 aromatic heterocycles. The van der Waals surface area contributed by atoms with Crippen LogP contribution in [0.5, 0.6) is 0 Å². The highest BCUT2D eigenvalue weighted by molar-refractivity contribution is 5.47. The van der Waals surface area contributed by atoms with Crippen molar-refractivity contribution < 1.29 is 4.92 Å². The molecule has 1 aliphatic heterocycles. The van der Waals surface area contributed by atoms with Gasteiger partial charge in [0.05, 0.1) is 10.6 Å². The average Bonchev–Trinajstić information content (AvgIpc) is 2.58. The summed E-state index contributed by atoms with van der Waals surface area (Å²) in [6, 6.07) is 8.07. The van der Waals surface area contributed by atoms with E-state index in [0.29, 0.717) is 23.3 Å². The smallest absolute Gasteiger partial charge is 0.290 e. The van der Waals surface area contributed by atoms with Gasteiger partial charge in [0.1, 0.15) is 12.0 Å². The van der Waals surface area contributed by atoms with Crippen LogP contribution in [0.25, 0.3) is 0 Å². The van der Waals surface area contributed by atoms with Gasteiger partial charge in [0.2, 0.25) is 0 Å². The molecule has 1 saturated heterocycles. The van der Waals surface area contributed by atoms with Gasteiger partial charge in [-0.25, -0.2) is 4.98 Å². The molecular weight excluding hydrogens is 318 g/mol. The maximum Gasteiger partial charge on any atom is 0.290 e. The summed E-state index contributed by atoms with van der Waals surface area (Å²) in [6.07, 6.45) is 4.17. The molecule has 0 spiro atoms. The molecule has 3 heterocycles. The largest absolute Gasteiger partial charge is 0.367 e. The summed E-state index contributed by atoms with van der Waals surface area (Å²) >= 11 is 0. The van der Waals surface area contributed by atoms with E-state index in [9.17, 15) is 10.1 Å². The molecule has 0 radical (unpaired) electrons. The molecular formula is C18H23N5O2. The number of likely N-dealkylation sites (tertiary alicyclic amines) is 1. The van der Waals surface area contributed by atoms with Crippen LogP contribution in [-0.4, -0.2) is 38.9 Å². The average molecular weight is 341 g/mol. The van der Waals surface area contributed by atoms with E-state index in [1.165, 1.54) is 6.20 Å². The molecule has 25 heavy (non-hydrogen) atoms. The fourth-order valence-corrected chi connectivity index (χ4v) is 3.32. The van der Waals surface area contributed by atoms with Gasteiger partial charge in [-0.15, -0.1) is 0 Å². The quantitative estimate of drug-likeness (QED) is 0.665. The zero-order chi connectivity index (χ0) is 17.8. The van der Waals surface area contributed by atoms with E-state index >= 15 is 0 Å². The van der Waals surface area contributed by atoms with Crippen LogP contribution in [0.2, 0.25) is 0 Å². The second kappa shape index (κ2) is 7.57. The van der Waals surface area contributed by atoms with Crippen LogP contribution in [0, 0.1) is 23.0 Å². The van der Waals surface area contributed by atoms with Gasteiger partial charge in [-0.2, -0.15) is 0 Å². The van der Waals surface area contributed by atoms with Crippen molar-refractivity contribution in [3.63, 3.8) is 0 Å². The molecule has 7 heteroatoms. The van der Waals surface area contributed by atoms with Crippen LogP contribution in [0.3, 0.4) is 0 Å². The number of nitro groups is 1. The van der Waals surface area contributed by atoms with Gasteiger partial charge in [-0.3, -0.25) is 20.0 Å². The maximum atomic E-state index is 10.9. The van der Waals surface area contributed by atoms with E-state index in [-0.39, 0.29) is 5.69 Å². The summed E-state index contributed by atoms with van der Waals surface area (Å²) in [4.78, 5) is 21.5. The highest BCUT2D eigenvalue weighted by Gasteiger charge is 2.26. The number of pyridine rings is 2. The van der Waals surface area contributed by atoms with Crippen LogP contribution < -0.4 is 5.32 Å². The molecule has 1 fully saturated rings. The number of nitrogens with zero attached hydrogens (tertiary/aromatic N) is 4. The van der Waals surface area contributed by atoms with Crippen molar-refractivity contribution in [3.8, 4) is 0 Å². The van der Waals surface area contributed by atoms with Gasteiger partial charge in [0.15, 0.2) is 0 Å². The highest BCUT2D eigenvalue weighted by atomic mass is 16.6. The maximum absolute atomic E-state index is 10.9. The van der Waals surface area contributed by atoms with Crippen LogP contribution in [0.1, 0.15) is 24.6 Å². The zero-order valence-corrected chi connectivity index (χ0v) is 14.6. The lowest BCUT2D eigenvalue weighted by Gasteiger charge is -2.37. The van der Waals surface area contributed by atoms with Crippen molar-refractivity contribution in [1.82, 2.24) is 14.9 Å². The SMILES string of the molecule is Cc1cc(NC2CCN(Cc3ccccn3)CC2C)ncc1[N+](=O)[O-]. The molecule has 0 bridgehead atoms. The number of rotatable bonds is 5. The summed E-state index contributed by atoms with van der Waals surface area (Å²) < 4.78 is 0. The predicted molar refractivity (Wildman–Crippen MR) is 96.3 cm³/mol. The number of piperidine rings is 1. The fourth-order valence-electron chi connectivity index (χ4n) is 3.32. The third-order valence-electron chi connectivity index (χ3n) is 4.71. The predicted octanol–water partition coefficient (Wildman–Crippen LogP) is 3.02. The van der Waals surface area contributed by atoms with E-state index in [1.54, 1.807) is 13.0 Å². The number of aryl methyl sites for hydroxylation is 1. The van der Waals surface area contributed by atoms with Gasteiger partial charge < -0.3 is 5.32 Å². The van der Waals surface area contributed by atoms with Crippen molar-refractivity contribution in [2.45, 2.75) is 32.9 Å². The van der Waals surface area contributed by atoms with E-state index < -0.39 is 4.92 Å². The minimum atomic E-state index is -0.398. The molecule has 0 amide bonds. The molecule has 132 valence electrons. The van der Waals surface area contributed by atoms with Gasteiger partial charge in [-0.05, 0) is 37.5 Å². The number of nitrogens with one attached hydrogen (secondary N) is 1. The van der Waals surface area contributed by atoms with E-state index in [0.717, 1.165) is 31.7 Å². The first-order valence-corrected chi connectivity index (χ1v) is 8.53. The Labute approximate surface area is 147 Å². The van der Waals surface area contributed by atoms with E-state index in [1.807, 2.05) is 18.3 Å². The van der Waals surface area contributed by atoms with E-state index in [2.05, 4.69) is 33.2 Å². The van der Waals surface area contributed by atoms with Gasteiger partial charge in [-0.1, -0.05) is 13.0 Å².